The molecule has 1 fully saturated rings. The Hall–Kier alpha value is -1.40. The van der Waals surface area contributed by atoms with E-state index < -0.39 is 0 Å². The Morgan fingerprint density at radius 3 is 2.78 bits per heavy atom. The first-order valence-electron chi connectivity index (χ1n) is 5.99. The summed E-state index contributed by atoms with van der Waals surface area (Å²) in [6.45, 7) is 2.77. The Morgan fingerprint density at radius 2 is 2.22 bits per heavy atom. The van der Waals surface area contributed by atoms with E-state index in [1.165, 1.54) is 7.11 Å². The molecular weight excluding hydrogens is 234 g/mol. The van der Waals surface area contributed by atoms with E-state index in [2.05, 4.69) is 9.97 Å². The van der Waals surface area contributed by atoms with Crippen LogP contribution in [0.3, 0.4) is 0 Å². The van der Waals surface area contributed by atoms with E-state index >= 15 is 0 Å². The lowest BCUT2D eigenvalue weighted by Crippen LogP contribution is -2.28. The molecule has 0 aliphatic carbocycles. The van der Waals surface area contributed by atoms with Crippen molar-refractivity contribution in [1.29, 1.82) is 0 Å². The third-order valence-electron chi connectivity index (χ3n) is 3.36. The zero-order valence-electron chi connectivity index (χ0n) is 10.9. The highest BCUT2D eigenvalue weighted by atomic mass is 16.5. The Kier molecular flexibility index (Phi) is 3.98. The molecule has 0 spiro atoms. The summed E-state index contributed by atoms with van der Waals surface area (Å²) in [4.78, 5) is 8.51. The monoisotopic (exact) mass is 253 g/mol. The van der Waals surface area contributed by atoms with Gasteiger partial charge in [0.15, 0.2) is 0 Å². The van der Waals surface area contributed by atoms with Crippen molar-refractivity contribution in [2.24, 2.45) is 11.7 Å². The van der Waals surface area contributed by atoms with Gasteiger partial charge in [-0.1, -0.05) is 0 Å². The summed E-state index contributed by atoms with van der Waals surface area (Å²) < 4.78 is 15.8. The first-order valence-corrected chi connectivity index (χ1v) is 5.99. The number of hydrogen-bond donors (Lipinski definition) is 1. The normalized spacial score (nSPS) is 24.9. The smallest absolute Gasteiger partial charge is 0.240 e. The Bertz CT molecular complexity index is 414. The number of methoxy groups -OCH3 is 2. The molecule has 0 amide bonds. The van der Waals surface area contributed by atoms with Crippen molar-refractivity contribution >= 4 is 0 Å². The molecule has 6 nitrogen and oxygen atoms in total. The Labute approximate surface area is 106 Å². The third-order valence-corrected chi connectivity index (χ3v) is 3.36. The van der Waals surface area contributed by atoms with E-state index in [-0.39, 0.29) is 18.1 Å². The van der Waals surface area contributed by atoms with Gasteiger partial charge in [-0.2, -0.15) is 4.98 Å². The maximum atomic E-state index is 6.26. The minimum absolute atomic E-state index is 0.133. The van der Waals surface area contributed by atoms with E-state index in [1.54, 1.807) is 13.3 Å². The van der Waals surface area contributed by atoms with Crippen molar-refractivity contribution in [2.75, 3.05) is 20.8 Å². The van der Waals surface area contributed by atoms with Gasteiger partial charge in [-0.3, -0.25) is 0 Å². The van der Waals surface area contributed by atoms with Crippen LogP contribution in [0, 0.1) is 5.92 Å². The van der Waals surface area contributed by atoms with Gasteiger partial charge in [-0.15, -0.1) is 0 Å². The van der Waals surface area contributed by atoms with Gasteiger partial charge >= 0.3 is 0 Å². The lowest BCUT2D eigenvalue weighted by atomic mass is 9.92. The summed E-state index contributed by atoms with van der Waals surface area (Å²) in [5.74, 6) is 1.07. The maximum Gasteiger partial charge on any atom is 0.240 e. The highest BCUT2D eigenvalue weighted by Crippen LogP contribution is 2.34. The number of rotatable bonds is 4. The molecule has 1 saturated heterocycles. The van der Waals surface area contributed by atoms with E-state index in [4.69, 9.17) is 19.9 Å². The second-order valence-electron chi connectivity index (χ2n) is 4.36. The van der Waals surface area contributed by atoms with Crippen molar-refractivity contribution in [2.45, 2.75) is 25.5 Å². The summed E-state index contributed by atoms with van der Waals surface area (Å²) in [7, 11) is 3.09. The molecule has 3 atom stereocenters. The molecule has 1 aliphatic heterocycles. The Morgan fingerprint density at radius 1 is 1.44 bits per heavy atom. The molecule has 2 rings (SSSR count). The molecule has 0 radical (unpaired) electrons. The molecule has 18 heavy (non-hydrogen) atoms. The van der Waals surface area contributed by atoms with Gasteiger partial charge in [0.25, 0.3) is 0 Å². The van der Waals surface area contributed by atoms with E-state index in [1.807, 2.05) is 6.92 Å². The van der Waals surface area contributed by atoms with Gasteiger partial charge in [0.2, 0.25) is 11.8 Å². The van der Waals surface area contributed by atoms with Crippen molar-refractivity contribution in [3.8, 4) is 11.8 Å². The van der Waals surface area contributed by atoms with Gasteiger partial charge in [0, 0.05) is 12.5 Å². The summed E-state index contributed by atoms with van der Waals surface area (Å²) in [5.41, 5.74) is 6.91. The van der Waals surface area contributed by atoms with Crippen LogP contribution in [0.4, 0.5) is 0 Å². The largest absolute Gasteiger partial charge is 0.480 e. The van der Waals surface area contributed by atoms with E-state index in [9.17, 15) is 0 Å². The number of hydrogen-bond acceptors (Lipinski definition) is 6. The van der Waals surface area contributed by atoms with Gasteiger partial charge < -0.3 is 19.9 Å². The van der Waals surface area contributed by atoms with Crippen LogP contribution in [0.5, 0.6) is 11.8 Å². The maximum absolute atomic E-state index is 6.26. The average molecular weight is 253 g/mol. The zero-order chi connectivity index (χ0) is 13.1. The van der Waals surface area contributed by atoms with Crippen molar-refractivity contribution in [3.63, 3.8) is 0 Å². The highest BCUT2D eigenvalue weighted by molar-refractivity contribution is 5.26. The number of nitrogens with zero attached hydrogens (tertiary/aromatic N) is 2. The number of nitrogens with two attached hydrogens (primary N) is 1. The topological polar surface area (TPSA) is 79.5 Å². The quantitative estimate of drug-likeness (QED) is 0.859. The molecule has 0 aromatic carbocycles. The molecule has 2 N–H and O–H groups in total. The molecule has 1 aromatic rings. The SMILES string of the molecule is COc1cnc(C(N)C2CCOC2C)c(OC)n1. The van der Waals surface area contributed by atoms with Crippen LogP contribution in [0.25, 0.3) is 0 Å². The van der Waals surface area contributed by atoms with Crippen molar-refractivity contribution in [3.05, 3.63) is 11.9 Å². The van der Waals surface area contributed by atoms with Crippen LogP contribution in [-0.2, 0) is 4.74 Å². The average Bonchev–Trinajstić information content (AvgIpc) is 2.83. The van der Waals surface area contributed by atoms with Crippen LogP contribution in [0.2, 0.25) is 0 Å². The first kappa shape index (κ1) is 13.0. The Balaban J connectivity index is 2.26. The molecule has 3 unspecified atom stereocenters. The molecule has 100 valence electrons. The second kappa shape index (κ2) is 5.49. The van der Waals surface area contributed by atoms with Crippen LogP contribution >= 0.6 is 0 Å². The molecule has 2 heterocycles. The van der Waals surface area contributed by atoms with Crippen LogP contribution in [0.15, 0.2) is 6.20 Å². The molecule has 0 saturated carbocycles. The van der Waals surface area contributed by atoms with Gasteiger partial charge in [0.1, 0.15) is 5.69 Å². The highest BCUT2D eigenvalue weighted by Gasteiger charge is 2.33. The van der Waals surface area contributed by atoms with Crippen LogP contribution in [0.1, 0.15) is 25.1 Å². The number of ether oxygens (including phenoxy) is 3. The minimum atomic E-state index is -0.240. The fourth-order valence-corrected chi connectivity index (χ4v) is 2.27. The van der Waals surface area contributed by atoms with Crippen LogP contribution in [-0.4, -0.2) is 36.9 Å². The van der Waals surface area contributed by atoms with Gasteiger partial charge in [-0.05, 0) is 13.3 Å². The van der Waals surface area contributed by atoms with Gasteiger partial charge in [-0.25, -0.2) is 4.98 Å². The fourth-order valence-electron chi connectivity index (χ4n) is 2.27. The van der Waals surface area contributed by atoms with Crippen molar-refractivity contribution < 1.29 is 14.2 Å². The van der Waals surface area contributed by atoms with E-state index in [0.29, 0.717) is 17.5 Å². The molecular formula is C12H19N3O3. The molecule has 1 aliphatic rings. The lowest BCUT2D eigenvalue weighted by Gasteiger charge is -2.22. The predicted octanol–water partition coefficient (Wildman–Crippen LogP) is 0.919. The summed E-state index contributed by atoms with van der Waals surface area (Å²) in [5, 5.41) is 0. The molecule has 0 bridgehead atoms. The fraction of sp³-hybridized carbons (Fsp3) is 0.667. The second-order valence-corrected chi connectivity index (χ2v) is 4.36. The zero-order valence-corrected chi connectivity index (χ0v) is 10.9. The minimum Gasteiger partial charge on any atom is -0.480 e. The first-order chi connectivity index (χ1) is 8.67. The van der Waals surface area contributed by atoms with E-state index in [0.717, 1.165) is 13.0 Å². The molecule has 6 heteroatoms. The van der Waals surface area contributed by atoms with Crippen molar-refractivity contribution in [1.82, 2.24) is 9.97 Å². The standard InChI is InChI=1S/C12H19N3O3/c1-7-8(4-5-18-7)10(13)11-12(17-3)15-9(16-2)6-14-11/h6-8,10H,4-5,13H2,1-3H3. The summed E-state index contributed by atoms with van der Waals surface area (Å²) >= 11 is 0. The third kappa shape index (κ3) is 2.39. The number of aromatic nitrogens is 2. The van der Waals surface area contributed by atoms with Gasteiger partial charge in [0.05, 0.1) is 32.6 Å². The molecule has 1 aromatic heterocycles. The predicted molar refractivity (Wildman–Crippen MR) is 65.6 cm³/mol. The van der Waals surface area contributed by atoms with Crippen LogP contribution < -0.4 is 15.2 Å². The summed E-state index contributed by atoms with van der Waals surface area (Å²) in [6.07, 6.45) is 2.62. The summed E-state index contributed by atoms with van der Waals surface area (Å²) in [6, 6.07) is -0.240. The lowest BCUT2D eigenvalue weighted by molar-refractivity contribution is 0.0987.